The summed E-state index contributed by atoms with van der Waals surface area (Å²) in [7, 11) is 0. The van der Waals surface area contributed by atoms with Crippen molar-refractivity contribution in [3.8, 4) is 12.3 Å². The van der Waals surface area contributed by atoms with Gasteiger partial charge in [-0.05, 0) is 12.8 Å². The second kappa shape index (κ2) is 12.5. The molecular formula is C21H39N5O9. The summed E-state index contributed by atoms with van der Waals surface area (Å²) in [6.07, 6.45) is -5.33. The van der Waals surface area contributed by atoms with Crippen molar-refractivity contribution in [2.45, 2.75) is 98.4 Å². The van der Waals surface area contributed by atoms with Gasteiger partial charge in [0.25, 0.3) is 0 Å². The van der Waals surface area contributed by atoms with Crippen molar-refractivity contribution in [3.63, 3.8) is 0 Å². The zero-order chi connectivity index (χ0) is 25.9. The lowest BCUT2D eigenvalue weighted by Crippen LogP contribution is -2.68. The van der Waals surface area contributed by atoms with Crippen molar-refractivity contribution in [1.29, 1.82) is 0 Å². The molecule has 202 valence electrons. The van der Waals surface area contributed by atoms with Crippen molar-refractivity contribution >= 4 is 0 Å². The van der Waals surface area contributed by atoms with Crippen molar-refractivity contribution in [1.82, 2.24) is 0 Å². The Bertz CT molecular complexity index is 717. The highest BCUT2D eigenvalue weighted by molar-refractivity contribution is 5.01. The van der Waals surface area contributed by atoms with E-state index in [4.69, 9.17) is 58.8 Å². The topological polar surface area (TPSA) is 257 Å². The fourth-order valence-corrected chi connectivity index (χ4v) is 4.65. The van der Waals surface area contributed by atoms with E-state index < -0.39 is 85.6 Å². The van der Waals surface area contributed by atoms with Crippen molar-refractivity contribution in [2.24, 2.45) is 28.7 Å². The lowest BCUT2D eigenvalue weighted by molar-refractivity contribution is -0.315. The minimum Gasteiger partial charge on any atom is -0.390 e. The third kappa shape index (κ3) is 6.47. The van der Waals surface area contributed by atoms with E-state index in [9.17, 15) is 20.4 Å². The first-order valence-electron chi connectivity index (χ1n) is 11.7. The Morgan fingerprint density at radius 2 is 1.40 bits per heavy atom. The van der Waals surface area contributed by atoms with Crippen LogP contribution in [0.5, 0.6) is 0 Å². The summed E-state index contributed by atoms with van der Waals surface area (Å²) < 4.78 is 28.4. The largest absolute Gasteiger partial charge is 0.390 e. The summed E-state index contributed by atoms with van der Waals surface area (Å²) in [4.78, 5) is 0. The van der Waals surface area contributed by atoms with E-state index >= 15 is 0 Å². The molecule has 0 aromatic heterocycles. The first kappa shape index (κ1) is 28.6. The summed E-state index contributed by atoms with van der Waals surface area (Å²) in [5.74, 6) is 2.30. The monoisotopic (exact) mass is 505 g/mol. The molecular weight excluding hydrogens is 466 g/mol. The van der Waals surface area contributed by atoms with Gasteiger partial charge in [0.2, 0.25) is 0 Å². The molecule has 0 bridgehead atoms. The maximum atomic E-state index is 11.1. The van der Waals surface area contributed by atoms with Crippen LogP contribution in [-0.2, 0) is 23.7 Å². The molecule has 1 aliphatic carbocycles. The average Bonchev–Trinajstić information content (AvgIpc) is 2.81. The number of nitrogens with two attached hydrogens (primary N) is 5. The molecule has 0 spiro atoms. The van der Waals surface area contributed by atoms with Crippen molar-refractivity contribution in [3.05, 3.63) is 0 Å². The lowest BCUT2D eigenvalue weighted by Gasteiger charge is -2.48. The molecule has 0 amide bonds. The van der Waals surface area contributed by atoms with Crippen molar-refractivity contribution < 1.29 is 44.1 Å². The molecule has 0 aromatic rings. The number of aliphatic hydroxyl groups is 4. The molecule has 3 fully saturated rings. The Morgan fingerprint density at radius 3 is 2.00 bits per heavy atom. The molecule has 2 saturated heterocycles. The van der Waals surface area contributed by atoms with Gasteiger partial charge in [0.15, 0.2) is 12.6 Å². The second-order valence-electron chi connectivity index (χ2n) is 9.32. The molecule has 35 heavy (non-hydrogen) atoms. The molecule has 3 aliphatic rings. The number of hydrogen-bond donors (Lipinski definition) is 9. The van der Waals surface area contributed by atoms with Gasteiger partial charge in [0, 0.05) is 18.6 Å². The van der Waals surface area contributed by atoms with E-state index in [1.807, 2.05) is 0 Å². The van der Waals surface area contributed by atoms with Crippen LogP contribution in [0.2, 0.25) is 0 Å². The van der Waals surface area contributed by atoms with E-state index in [0.29, 0.717) is 0 Å². The molecule has 3 rings (SSSR count). The van der Waals surface area contributed by atoms with Crippen molar-refractivity contribution in [2.75, 3.05) is 19.8 Å². The summed E-state index contributed by atoms with van der Waals surface area (Å²) in [6.45, 7) is -0.0438. The Morgan fingerprint density at radius 1 is 0.800 bits per heavy atom. The Balaban J connectivity index is 1.69. The minimum absolute atomic E-state index is 0.00751. The van der Waals surface area contributed by atoms with E-state index in [0.717, 1.165) is 0 Å². The first-order valence-corrected chi connectivity index (χ1v) is 11.7. The van der Waals surface area contributed by atoms with Crippen LogP contribution in [0, 0.1) is 12.3 Å². The number of terminal acetylenes is 1. The fourth-order valence-electron chi connectivity index (χ4n) is 4.65. The maximum Gasteiger partial charge on any atom is 0.186 e. The third-order valence-electron chi connectivity index (χ3n) is 6.70. The van der Waals surface area contributed by atoms with E-state index in [1.165, 1.54) is 0 Å². The van der Waals surface area contributed by atoms with Crippen LogP contribution in [0.1, 0.15) is 12.8 Å². The van der Waals surface area contributed by atoms with Gasteiger partial charge < -0.3 is 72.8 Å². The van der Waals surface area contributed by atoms with Crippen LogP contribution >= 0.6 is 0 Å². The van der Waals surface area contributed by atoms with Gasteiger partial charge in [-0.15, -0.1) is 6.42 Å². The third-order valence-corrected chi connectivity index (χ3v) is 6.70. The van der Waals surface area contributed by atoms with Gasteiger partial charge in [-0.2, -0.15) is 0 Å². The predicted molar refractivity (Wildman–Crippen MR) is 121 cm³/mol. The molecule has 14 nitrogen and oxygen atoms in total. The standard InChI is InChI=1S/C21H39N5O9/c1-2-3-31-7-13-15(28)14(26)16(29)21(33-13)35-19-9(24)4-8(23)18(17(19)30)34-20-10(25)5-11(27)12(6-22)32-20/h1,8-21,27-30H,3-7,22-26H2/t8-,9+,10+,11-,12+,13+,14-,15+,16+,17-,18+,19-,20+,21+/m0/s1. The minimum atomic E-state index is -1.43. The van der Waals surface area contributed by atoms with Gasteiger partial charge in [-0.3, -0.25) is 0 Å². The number of rotatable bonds is 8. The molecule has 0 radical (unpaired) electrons. The molecule has 0 aromatic carbocycles. The fraction of sp³-hybridized carbons (Fsp3) is 0.905. The van der Waals surface area contributed by atoms with Gasteiger partial charge in [-0.25, -0.2) is 0 Å². The second-order valence-corrected chi connectivity index (χ2v) is 9.32. The number of aliphatic hydroxyl groups excluding tert-OH is 4. The van der Waals surface area contributed by atoms with E-state index in [2.05, 4.69) is 5.92 Å². The van der Waals surface area contributed by atoms with Gasteiger partial charge in [-0.1, -0.05) is 5.92 Å². The molecule has 2 heterocycles. The number of hydrogen-bond acceptors (Lipinski definition) is 14. The molecule has 2 aliphatic heterocycles. The van der Waals surface area contributed by atoms with Gasteiger partial charge in [0.05, 0.1) is 30.9 Å². The Kier molecular flexibility index (Phi) is 10.2. The molecule has 1 saturated carbocycles. The van der Waals surface area contributed by atoms with Crippen LogP contribution in [0.15, 0.2) is 0 Å². The zero-order valence-electron chi connectivity index (χ0n) is 19.4. The number of ether oxygens (including phenoxy) is 5. The van der Waals surface area contributed by atoms with Crippen LogP contribution in [0.4, 0.5) is 0 Å². The average molecular weight is 506 g/mol. The summed E-state index contributed by atoms with van der Waals surface area (Å²) in [5.41, 5.74) is 30.1. The maximum absolute atomic E-state index is 11.1. The quantitative estimate of drug-likeness (QED) is 0.110. The SMILES string of the molecule is C#CCOC[C@H]1O[C@H](O[C@@H]2[C@@H](O)[C@H](O[C@H]3O[C@H](CN)[C@@H](O)C[C@H]3N)[C@@H](N)C[C@H]2N)[C@H](O)[C@@H](N)[C@@H]1O. The summed E-state index contributed by atoms with van der Waals surface area (Å²) >= 11 is 0. The smallest absolute Gasteiger partial charge is 0.186 e. The van der Waals surface area contributed by atoms with E-state index in [-0.39, 0.29) is 32.6 Å². The highest BCUT2D eigenvalue weighted by atomic mass is 16.7. The highest BCUT2D eigenvalue weighted by Gasteiger charge is 2.50. The Hall–Kier alpha value is -1.00. The summed E-state index contributed by atoms with van der Waals surface area (Å²) in [5, 5.41) is 42.0. The predicted octanol–water partition coefficient (Wildman–Crippen LogP) is -5.64. The molecule has 14 N–H and O–H groups in total. The zero-order valence-corrected chi connectivity index (χ0v) is 19.4. The van der Waals surface area contributed by atoms with Crippen LogP contribution in [0.3, 0.4) is 0 Å². The molecule has 0 unspecified atom stereocenters. The van der Waals surface area contributed by atoms with Gasteiger partial charge >= 0.3 is 0 Å². The van der Waals surface area contributed by atoms with Crippen LogP contribution in [-0.4, -0.2) is 126 Å². The first-order chi connectivity index (χ1) is 16.6. The molecule has 14 heteroatoms. The normalized spacial score (nSPS) is 48.9. The van der Waals surface area contributed by atoms with Gasteiger partial charge in [0.1, 0.15) is 43.2 Å². The van der Waals surface area contributed by atoms with Crippen LogP contribution < -0.4 is 28.7 Å². The lowest BCUT2D eigenvalue weighted by atomic mass is 9.84. The molecule has 14 atom stereocenters. The highest BCUT2D eigenvalue weighted by Crippen LogP contribution is 2.30. The summed E-state index contributed by atoms with van der Waals surface area (Å²) in [6, 6.07) is -3.24. The van der Waals surface area contributed by atoms with E-state index in [1.54, 1.807) is 0 Å². The Labute approximate surface area is 203 Å². The van der Waals surface area contributed by atoms with Crippen LogP contribution in [0.25, 0.3) is 0 Å².